The van der Waals surface area contributed by atoms with Crippen LogP contribution in [0.5, 0.6) is 5.75 Å². The summed E-state index contributed by atoms with van der Waals surface area (Å²) in [5, 5.41) is 26.6. The van der Waals surface area contributed by atoms with Crippen LogP contribution in [0.15, 0.2) is 66.7 Å². The average molecular weight is 354 g/mol. The highest BCUT2D eigenvalue weighted by Crippen LogP contribution is 2.41. The van der Waals surface area contributed by atoms with Crippen molar-refractivity contribution in [2.75, 3.05) is 0 Å². The second kappa shape index (κ2) is 6.11. The van der Waals surface area contributed by atoms with E-state index in [2.05, 4.69) is 34.5 Å². The van der Waals surface area contributed by atoms with Gasteiger partial charge in [0.15, 0.2) is 0 Å². The van der Waals surface area contributed by atoms with Crippen LogP contribution in [-0.4, -0.2) is 20.4 Å². The van der Waals surface area contributed by atoms with E-state index in [0.717, 1.165) is 51.2 Å². The zero-order valence-electron chi connectivity index (χ0n) is 14.6. The van der Waals surface area contributed by atoms with Crippen molar-refractivity contribution < 1.29 is 10.2 Å². The van der Waals surface area contributed by atoms with Crippen LogP contribution in [0, 0.1) is 0 Å². The van der Waals surface area contributed by atoms with Gasteiger partial charge in [0.2, 0.25) is 0 Å². The highest BCUT2D eigenvalue weighted by molar-refractivity contribution is 5.82. The van der Waals surface area contributed by atoms with Crippen molar-refractivity contribution in [3.05, 3.63) is 83.4 Å². The van der Waals surface area contributed by atoms with E-state index in [0.29, 0.717) is 5.75 Å². The summed E-state index contributed by atoms with van der Waals surface area (Å²) in [6, 6.07) is 21.8. The number of aliphatic hydroxyl groups is 1. The van der Waals surface area contributed by atoms with Gasteiger partial charge in [-0.3, -0.25) is 5.10 Å². The molecule has 3 aromatic carbocycles. The molecule has 4 heteroatoms. The van der Waals surface area contributed by atoms with Crippen LogP contribution in [0.4, 0.5) is 0 Å². The van der Waals surface area contributed by atoms with Gasteiger partial charge in [-0.1, -0.05) is 48.5 Å². The number of nitrogens with zero attached hydrogens (tertiary/aromatic N) is 1. The lowest BCUT2D eigenvalue weighted by atomic mass is 10.00. The Hall–Kier alpha value is -3.37. The summed E-state index contributed by atoms with van der Waals surface area (Å²) < 4.78 is 0. The number of phenols is 1. The predicted molar refractivity (Wildman–Crippen MR) is 105 cm³/mol. The highest BCUT2D eigenvalue weighted by atomic mass is 16.3. The zero-order chi connectivity index (χ0) is 18.4. The molecular weight excluding hydrogens is 336 g/mol. The van der Waals surface area contributed by atoms with E-state index >= 15 is 0 Å². The van der Waals surface area contributed by atoms with E-state index in [1.54, 1.807) is 6.07 Å². The quantitative estimate of drug-likeness (QED) is 0.446. The Bertz CT molecular complexity index is 1130. The lowest BCUT2D eigenvalue weighted by Crippen LogP contribution is -1.87. The molecule has 0 spiro atoms. The maximum Gasteiger partial charge on any atom is 0.115 e. The zero-order valence-corrected chi connectivity index (χ0v) is 14.6. The maximum absolute atomic E-state index is 9.73. The number of hydrogen-bond donors (Lipinski definition) is 3. The van der Waals surface area contributed by atoms with Gasteiger partial charge in [0.25, 0.3) is 0 Å². The normalized spacial score (nSPS) is 12.0. The van der Waals surface area contributed by atoms with Crippen molar-refractivity contribution in [1.82, 2.24) is 10.2 Å². The molecule has 1 aliphatic rings. The smallest absolute Gasteiger partial charge is 0.115 e. The number of aromatic hydroxyl groups is 1. The molecule has 4 aromatic rings. The third kappa shape index (κ3) is 2.62. The number of aromatic nitrogens is 2. The van der Waals surface area contributed by atoms with Crippen LogP contribution in [-0.2, 0) is 13.0 Å². The Morgan fingerprint density at radius 1 is 0.852 bits per heavy atom. The van der Waals surface area contributed by atoms with Crippen LogP contribution in [0.2, 0.25) is 0 Å². The Morgan fingerprint density at radius 3 is 2.22 bits per heavy atom. The molecule has 0 unspecified atom stereocenters. The SMILES string of the molecule is OCc1ccc(-c2ccc(-c3n[nH]c4c3Cc3cc(O)ccc3-4)cc2)cc1. The summed E-state index contributed by atoms with van der Waals surface area (Å²) in [5.41, 5.74) is 9.65. The molecule has 0 saturated heterocycles. The minimum absolute atomic E-state index is 0.0592. The molecule has 27 heavy (non-hydrogen) atoms. The number of aromatic amines is 1. The molecular formula is C23H18N2O2. The molecule has 4 nitrogen and oxygen atoms in total. The Labute approximate surface area is 156 Å². The first-order chi connectivity index (χ1) is 13.2. The second-order valence-corrected chi connectivity index (χ2v) is 6.88. The van der Waals surface area contributed by atoms with Gasteiger partial charge in [-0.25, -0.2) is 0 Å². The maximum atomic E-state index is 9.73. The number of hydrogen-bond acceptors (Lipinski definition) is 3. The topological polar surface area (TPSA) is 69.1 Å². The Balaban J connectivity index is 1.48. The van der Waals surface area contributed by atoms with E-state index < -0.39 is 0 Å². The van der Waals surface area contributed by atoms with Gasteiger partial charge >= 0.3 is 0 Å². The predicted octanol–water partition coefficient (Wildman–Crippen LogP) is 4.51. The summed E-state index contributed by atoms with van der Waals surface area (Å²) in [4.78, 5) is 0. The highest BCUT2D eigenvalue weighted by Gasteiger charge is 2.25. The van der Waals surface area contributed by atoms with Crippen LogP contribution < -0.4 is 0 Å². The Kier molecular flexibility index (Phi) is 3.59. The first kappa shape index (κ1) is 15.9. The summed E-state index contributed by atoms with van der Waals surface area (Å²) in [6.07, 6.45) is 0.773. The van der Waals surface area contributed by atoms with Gasteiger partial charge in [-0.15, -0.1) is 0 Å². The third-order valence-corrected chi connectivity index (χ3v) is 5.22. The van der Waals surface area contributed by atoms with Gasteiger partial charge in [0.05, 0.1) is 18.0 Å². The number of nitrogens with one attached hydrogen (secondary N) is 1. The van der Waals surface area contributed by atoms with Gasteiger partial charge in [0, 0.05) is 23.1 Å². The molecule has 0 bridgehead atoms. The van der Waals surface area contributed by atoms with Crippen molar-refractivity contribution in [3.63, 3.8) is 0 Å². The second-order valence-electron chi connectivity index (χ2n) is 6.88. The minimum atomic E-state index is 0.0592. The summed E-state index contributed by atoms with van der Waals surface area (Å²) in [6.45, 7) is 0.0592. The van der Waals surface area contributed by atoms with E-state index in [1.165, 1.54) is 5.56 Å². The minimum Gasteiger partial charge on any atom is -0.508 e. The van der Waals surface area contributed by atoms with E-state index in [-0.39, 0.29) is 6.61 Å². The Morgan fingerprint density at radius 2 is 1.52 bits per heavy atom. The van der Waals surface area contributed by atoms with Crippen molar-refractivity contribution in [3.8, 4) is 39.4 Å². The molecule has 132 valence electrons. The van der Waals surface area contributed by atoms with Crippen LogP contribution in [0.3, 0.4) is 0 Å². The molecule has 1 aromatic heterocycles. The fourth-order valence-electron chi connectivity index (χ4n) is 3.78. The number of benzene rings is 3. The van der Waals surface area contributed by atoms with Crippen molar-refractivity contribution in [2.45, 2.75) is 13.0 Å². The molecule has 0 saturated carbocycles. The van der Waals surface area contributed by atoms with Crippen LogP contribution in [0.25, 0.3) is 33.6 Å². The fourth-order valence-corrected chi connectivity index (χ4v) is 3.78. The molecule has 1 heterocycles. The number of rotatable bonds is 3. The van der Waals surface area contributed by atoms with Crippen molar-refractivity contribution in [1.29, 1.82) is 0 Å². The van der Waals surface area contributed by atoms with Gasteiger partial charge < -0.3 is 10.2 Å². The molecule has 1 aliphatic carbocycles. The van der Waals surface area contributed by atoms with Gasteiger partial charge in [-0.05, 0) is 40.5 Å². The molecule has 0 fully saturated rings. The monoisotopic (exact) mass is 354 g/mol. The summed E-state index contributed by atoms with van der Waals surface area (Å²) in [7, 11) is 0. The third-order valence-electron chi connectivity index (χ3n) is 5.22. The molecule has 0 aliphatic heterocycles. The lowest BCUT2D eigenvalue weighted by molar-refractivity contribution is 0.282. The fraction of sp³-hybridized carbons (Fsp3) is 0.0870. The number of phenolic OH excluding ortho intramolecular Hbond substituents is 1. The van der Waals surface area contributed by atoms with Crippen LogP contribution in [0.1, 0.15) is 16.7 Å². The largest absolute Gasteiger partial charge is 0.508 e. The summed E-state index contributed by atoms with van der Waals surface area (Å²) in [5.74, 6) is 0.296. The first-order valence-electron chi connectivity index (χ1n) is 8.93. The van der Waals surface area contributed by atoms with Crippen LogP contribution >= 0.6 is 0 Å². The molecule has 5 rings (SSSR count). The van der Waals surface area contributed by atoms with E-state index in [9.17, 15) is 10.2 Å². The van der Waals surface area contributed by atoms with Gasteiger partial charge in [0.1, 0.15) is 5.75 Å². The number of aliphatic hydroxyl groups excluding tert-OH is 1. The molecule has 0 atom stereocenters. The molecule has 0 radical (unpaired) electrons. The first-order valence-corrected chi connectivity index (χ1v) is 8.93. The molecule has 3 N–H and O–H groups in total. The number of fused-ring (bicyclic) bond motifs is 3. The van der Waals surface area contributed by atoms with E-state index in [1.807, 2.05) is 36.4 Å². The standard InChI is InChI=1S/C23H18N2O2/c26-13-14-1-3-15(4-2-14)16-5-7-17(8-6-16)22-21-12-18-11-19(27)9-10-20(18)23(21)25-24-22/h1-11,26-27H,12-13H2,(H,24,25). The summed E-state index contributed by atoms with van der Waals surface area (Å²) >= 11 is 0. The van der Waals surface area contributed by atoms with Gasteiger partial charge in [-0.2, -0.15) is 5.10 Å². The average Bonchev–Trinajstić information content (AvgIpc) is 3.27. The van der Waals surface area contributed by atoms with E-state index in [4.69, 9.17) is 0 Å². The lowest BCUT2D eigenvalue weighted by Gasteiger charge is -2.05. The van der Waals surface area contributed by atoms with Crippen molar-refractivity contribution in [2.24, 2.45) is 0 Å². The molecule has 0 amide bonds. The number of H-pyrrole nitrogens is 1. The van der Waals surface area contributed by atoms with Crippen molar-refractivity contribution >= 4 is 0 Å².